The van der Waals surface area contributed by atoms with Gasteiger partial charge in [0.25, 0.3) is 0 Å². The van der Waals surface area contributed by atoms with E-state index in [9.17, 15) is 9.59 Å². The summed E-state index contributed by atoms with van der Waals surface area (Å²) in [6.45, 7) is 2.32. The highest BCUT2D eigenvalue weighted by Crippen LogP contribution is 2.12. The van der Waals surface area contributed by atoms with E-state index < -0.39 is 5.97 Å². The fourth-order valence-electron chi connectivity index (χ4n) is 1.57. The second kappa shape index (κ2) is 7.69. The summed E-state index contributed by atoms with van der Waals surface area (Å²) >= 11 is 5.76. The fourth-order valence-corrected chi connectivity index (χ4v) is 1.69. The van der Waals surface area contributed by atoms with Crippen LogP contribution in [0.5, 0.6) is 0 Å². The van der Waals surface area contributed by atoms with Crippen LogP contribution in [-0.2, 0) is 14.3 Å². The van der Waals surface area contributed by atoms with Gasteiger partial charge < -0.3 is 14.5 Å². The number of amides is 1. The predicted molar refractivity (Wildman–Crippen MR) is 76.8 cm³/mol. The van der Waals surface area contributed by atoms with Crippen LogP contribution in [0.3, 0.4) is 0 Å². The summed E-state index contributed by atoms with van der Waals surface area (Å²) in [5.74, 6) is 0.0292. The second-order valence-corrected chi connectivity index (χ2v) is 4.61. The predicted octanol–water partition coefficient (Wildman–Crippen LogP) is 1.19. The second-order valence-electron chi connectivity index (χ2n) is 4.17. The molecule has 1 aromatic rings. The summed E-state index contributed by atoms with van der Waals surface area (Å²) < 4.78 is 4.56. The van der Waals surface area contributed by atoms with Gasteiger partial charge in [-0.3, -0.25) is 9.59 Å². The van der Waals surface area contributed by atoms with Crippen molar-refractivity contribution in [2.24, 2.45) is 0 Å². The Morgan fingerprint density at radius 3 is 2.55 bits per heavy atom. The van der Waals surface area contributed by atoms with Crippen LogP contribution in [0, 0.1) is 0 Å². The molecule has 0 aromatic carbocycles. The van der Waals surface area contributed by atoms with E-state index in [2.05, 4.69) is 9.72 Å². The molecule has 1 aromatic heterocycles. The number of nitrogens with zero attached hydrogens (tertiary/aromatic N) is 3. The Kier molecular flexibility index (Phi) is 6.24. The van der Waals surface area contributed by atoms with Gasteiger partial charge in [0.2, 0.25) is 5.91 Å². The van der Waals surface area contributed by atoms with Crippen molar-refractivity contribution in [1.29, 1.82) is 0 Å². The fraction of sp³-hybridized carbons (Fsp3) is 0.462. The van der Waals surface area contributed by atoms with Crippen LogP contribution in [0.4, 0.5) is 5.82 Å². The molecule has 20 heavy (non-hydrogen) atoms. The van der Waals surface area contributed by atoms with E-state index in [1.807, 2.05) is 0 Å². The first-order valence-electron chi connectivity index (χ1n) is 6.15. The third-order valence-corrected chi connectivity index (χ3v) is 2.98. The average Bonchev–Trinajstić information content (AvgIpc) is 2.44. The zero-order valence-electron chi connectivity index (χ0n) is 11.8. The van der Waals surface area contributed by atoms with Crippen molar-refractivity contribution in [2.45, 2.75) is 6.92 Å². The SMILES string of the molecule is CCN(CC(=O)OC)C(=O)CN(C)c1ccc(Cl)cn1. The number of rotatable bonds is 6. The third-order valence-electron chi connectivity index (χ3n) is 2.76. The van der Waals surface area contributed by atoms with E-state index in [4.69, 9.17) is 11.6 Å². The molecule has 0 N–H and O–H groups in total. The monoisotopic (exact) mass is 299 g/mol. The summed E-state index contributed by atoms with van der Waals surface area (Å²) in [6, 6.07) is 3.43. The molecular weight excluding hydrogens is 282 g/mol. The Hall–Kier alpha value is -1.82. The van der Waals surface area contributed by atoms with Crippen LogP contribution in [0.1, 0.15) is 6.92 Å². The van der Waals surface area contributed by atoms with Crippen molar-refractivity contribution < 1.29 is 14.3 Å². The number of anilines is 1. The molecule has 0 saturated carbocycles. The summed E-state index contributed by atoms with van der Waals surface area (Å²) in [4.78, 5) is 30.6. The van der Waals surface area contributed by atoms with Crippen LogP contribution < -0.4 is 4.90 Å². The average molecular weight is 300 g/mol. The molecule has 0 aliphatic carbocycles. The Balaban J connectivity index is 2.63. The minimum Gasteiger partial charge on any atom is -0.468 e. The van der Waals surface area contributed by atoms with E-state index in [-0.39, 0.29) is 19.0 Å². The van der Waals surface area contributed by atoms with Gasteiger partial charge in [0.05, 0.1) is 18.7 Å². The number of aromatic nitrogens is 1. The first kappa shape index (κ1) is 16.2. The third kappa shape index (κ3) is 4.70. The van der Waals surface area contributed by atoms with Crippen molar-refractivity contribution in [3.63, 3.8) is 0 Å². The molecule has 0 unspecified atom stereocenters. The Morgan fingerprint density at radius 1 is 1.35 bits per heavy atom. The Bertz CT molecular complexity index is 464. The molecule has 0 bridgehead atoms. The number of hydrogen-bond acceptors (Lipinski definition) is 5. The quantitative estimate of drug-likeness (QED) is 0.739. The number of hydrogen-bond donors (Lipinski definition) is 0. The number of likely N-dealkylation sites (N-methyl/N-ethyl adjacent to an activating group) is 2. The number of halogens is 1. The van der Waals surface area contributed by atoms with Gasteiger partial charge in [0, 0.05) is 19.8 Å². The number of carbonyl (C=O) groups is 2. The lowest BCUT2D eigenvalue weighted by atomic mass is 10.4. The molecule has 7 heteroatoms. The van der Waals surface area contributed by atoms with Gasteiger partial charge in [0.15, 0.2) is 0 Å². The van der Waals surface area contributed by atoms with Crippen molar-refractivity contribution in [2.75, 3.05) is 38.7 Å². The van der Waals surface area contributed by atoms with E-state index in [0.717, 1.165) is 0 Å². The molecule has 0 aliphatic rings. The van der Waals surface area contributed by atoms with Gasteiger partial charge in [0.1, 0.15) is 12.4 Å². The van der Waals surface area contributed by atoms with Crippen molar-refractivity contribution >= 4 is 29.3 Å². The van der Waals surface area contributed by atoms with Crippen molar-refractivity contribution in [1.82, 2.24) is 9.88 Å². The molecule has 0 radical (unpaired) electrons. The van der Waals surface area contributed by atoms with Crippen LogP contribution in [0.25, 0.3) is 0 Å². The molecule has 1 heterocycles. The standard InChI is InChI=1S/C13H18ClN3O3/c1-4-17(9-13(19)20-3)12(18)8-16(2)11-6-5-10(14)7-15-11/h5-7H,4,8-9H2,1-3H3. The van der Waals surface area contributed by atoms with Gasteiger partial charge >= 0.3 is 5.97 Å². The van der Waals surface area contributed by atoms with Gasteiger partial charge in [-0.2, -0.15) is 0 Å². The number of methoxy groups -OCH3 is 1. The van der Waals surface area contributed by atoms with Crippen LogP contribution >= 0.6 is 11.6 Å². The lowest BCUT2D eigenvalue weighted by molar-refractivity contribution is -0.146. The van der Waals surface area contributed by atoms with Gasteiger partial charge in [-0.25, -0.2) is 4.98 Å². The Morgan fingerprint density at radius 2 is 2.05 bits per heavy atom. The molecule has 0 aliphatic heterocycles. The lowest BCUT2D eigenvalue weighted by Crippen LogP contribution is -2.42. The summed E-state index contributed by atoms with van der Waals surface area (Å²) in [5.41, 5.74) is 0. The Labute approximate surface area is 123 Å². The van der Waals surface area contributed by atoms with E-state index in [1.54, 1.807) is 31.0 Å². The maximum absolute atomic E-state index is 12.1. The molecule has 1 amide bonds. The first-order valence-corrected chi connectivity index (χ1v) is 6.53. The molecule has 1 rings (SSSR count). The molecule has 0 atom stereocenters. The summed E-state index contributed by atoms with van der Waals surface area (Å²) in [6.07, 6.45) is 1.52. The number of esters is 1. The maximum atomic E-state index is 12.1. The van der Waals surface area contributed by atoms with Gasteiger partial charge in [-0.05, 0) is 19.1 Å². The van der Waals surface area contributed by atoms with Gasteiger partial charge in [-0.1, -0.05) is 11.6 Å². The summed E-state index contributed by atoms with van der Waals surface area (Å²) in [7, 11) is 3.05. The van der Waals surface area contributed by atoms with E-state index in [1.165, 1.54) is 18.2 Å². The number of carbonyl (C=O) groups excluding carboxylic acids is 2. The van der Waals surface area contributed by atoms with Crippen molar-refractivity contribution in [3.8, 4) is 0 Å². The van der Waals surface area contributed by atoms with E-state index in [0.29, 0.717) is 17.4 Å². The molecule has 0 saturated heterocycles. The normalized spacial score (nSPS) is 10.0. The highest BCUT2D eigenvalue weighted by Gasteiger charge is 2.18. The maximum Gasteiger partial charge on any atom is 0.325 e. The molecule has 6 nitrogen and oxygen atoms in total. The largest absolute Gasteiger partial charge is 0.468 e. The highest BCUT2D eigenvalue weighted by atomic mass is 35.5. The smallest absolute Gasteiger partial charge is 0.325 e. The number of ether oxygens (including phenoxy) is 1. The minimum atomic E-state index is -0.438. The zero-order chi connectivity index (χ0) is 15.1. The van der Waals surface area contributed by atoms with Crippen LogP contribution in [0.2, 0.25) is 5.02 Å². The van der Waals surface area contributed by atoms with E-state index >= 15 is 0 Å². The first-order chi connectivity index (χ1) is 9.47. The van der Waals surface area contributed by atoms with Crippen LogP contribution in [0.15, 0.2) is 18.3 Å². The van der Waals surface area contributed by atoms with Crippen molar-refractivity contribution in [3.05, 3.63) is 23.4 Å². The van der Waals surface area contributed by atoms with Crippen LogP contribution in [-0.4, -0.2) is 55.6 Å². The van der Waals surface area contributed by atoms with Gasteiger partial charge in [-0.15, -0.1) is 0 Å². The molecule has 0 fully saturated rings. The summed E-state index contributed by atoms with van der Waals surface area (Å²) in [5, 5.41) is 0.536. The lowest BCUT2D eigenvalue weighted by Gasteiger charge is -2.24. The highest BCUT2D eigenvalue weighted by molar-refractivity contribution is 6.30. The topological polar surface area (TPSA) is 62.7 Å². The zero-order valence-corrected chi connectivity index (χ0v) is 12.6. The number of pyridine rings is 1. The minimum absolute atomic E-state index is 0.0479. The molecule has 0 spiro atoms. The molecular formula is C13H18ClN3O3. The molecule has 110 valence electrons.